The molecule has 186 valence electrons. The normalized spacial score (nSPS) is 17.1. The second kappa shape index (κ2) is 10.7. The first-order chi connectivity index (χ1) is 17.2. The first kappa shape index (κ1) is 25.0. The lowest BCUT2D eigenvalue weighted by Crippen LogP contribution is -2.35. The van der Waals surface area contributed by atoms with Gasteiger partial charge in [0.15, 0.2) is 0 Å². The molecule has 1 saturated heterocycles. The minimum Gasteiger partial charge on any atom is -0.508 e. The lowest BCUT2D eigenvalue weighted by Gasteiger charge is -2.26. The number of amides is 1. The number of hydrogen-bond donors (Lipinski definition) is 2. The van der Waals surface area contributed by atoms with Gasteiger partial charge in [-0.05, 0) is 68.5 Å². The van der Waals surface area contributed by atoms with Gasteiger partial charge in [-0.15, -0.1) is 0 Å². The number of ketones is 1. The number of nitrogens with zero attached hydrogens (tertiary/aromatic N) is 2. The fraction of sp³-hybridized carbons (Fsp3) is 0.241. The Kier molecular flexibility index (Phi) is 7.41. The summed E-state index contributed by atoms with van der Waals surface area (Å²) in [6, 6.07) is 20.4. The quantitative estimate of drug-likeness (QED) is 0.281. The van der Waals surface area contributed by atoms with Gasteiger partial charge in [0.1, 0.15) is 23.9 Å². The van der Waals surface area contributed by atoms with Gasteiger partial charge in [-0.25, -0.2) is 0 Å². The summed E-state index contributed by atoms with van der Waals surface area (Å²) in [4.78, 5) is 29.4. The number of phenolic OH excluding ortho intramolecular Hbond substituents is 1. The molecule has 0 aromatic heterocycles. The van der Waals surface area contributed by atoms with Gasteiger partial charge in [-0.1, -0.05) is 42.0 Å². The SMILES string of the molecule is Cc1cccc(COc2ccc(/C(O)=C3\C(=O)C(=O)N(CCN(C)C)C3c3cccc(O)c3)cc2)c1. The second-order valence-corrected chi connectivity index (χ2v) is 9.19. The maximum absolute atomic E-state index is 13.1. The van der Waals surface area contributed by atoms with E-state index >= 15 is 0 Å². The predicted molar refractivity (Wildman–Crippen MR) is 138 cm³/mol. The van der Waals surface area contributed by atoms with Crippen LogP contribution in [0.3, 0.4) is 0 Å². The van der Waals surface area contributed by atoms with E-state index in [2.05, 4.69) is 6.07 Å². The Morgan fingerprint density at radius 1 is 1.00 bits per heavy atom. The van der Waals surface area contributed by atoms with Crippen LogP contribution in [0, 0.1) is 6.92 Å². The fourth-order valence-electron chi connectivity index (χ4n) is 4.29. The maximum atomic E-state index is 13.1. The molecule has 3 aromatic carbocycles. The molecule has 0 aliphatic carbocycles. The average molecular weight is 487 g/mol. The molecule has 1 atom stereocenters. The number of phenols is 1. The minimum absolute atomic E-state index is 0.00205. The minimum atomic E-state index is -0.811. The van der Waals surface area contributed by atoms with E-state index in [1.165, 1.54) is 17.0 Å². The highest BCUT2D eigenvalue weighted by atomic mass is 16.5. The number of benzene rings is 3. The summed E-state index contributed by atoms with van der Waals surface area (Å²) in [5.41, 5.74) is 3.14. The average Bonchev–Trinajstić information content (AvgIpc) is 3.11. The lowest BCUT2D eigenvalue weighted by molar-refractivity contribution is -0.140. The molecule has 1 heterocycles. The van der Waals surface area contributed by atoms with Crippen LogP contribution in [-0.2, 0) is 16.2 Å². The highest BCUT2D eigenvalue weighted by Gasteiger charge is 2.46. The summed E-state index contributed by atoms with van der Waals surface area (Å²) >= 11 is 0. The number of aliphatic hydroxyl groups is 1. The number of aliphatic hydroxyl groups excluding tert-OH is 1. The first-order valence-electron chi connectivity index (χ1n) is 11.8. The molecule has 1 aliphatic rings. The summed E-state index contributed by atoms with van der Waals surface area (Å²) in [5.74, 6) is -1.06. The monoisotopic (exact) mass is 486 g/mol. The number of rotatable bonds is 8. The molecule has 36 heavy (non-hydrogen) atoms. The van der Waals surface area contributed by atoms with E-state index < -0.39 is 17.7 Å². The highest BCUT2D eigenvalue weighted by molar-refractivity contribution is 6.46. The Morgan fingerprint density at radius 3 is 2.39 bits per heavy atom. The first-order valence-corrected chi connectivity index (χ1v) is 11.8. The number of aromatic hydroxyl groups is 1. The molecular weight excluding hydrogens is 456 g/mol. The number of ether oxygens (including phenoxy) is 1. The van der Waals surface area contributed by atoms with Crippen molar-refractivity contribution < 1.29 is 24.5 Å². The van der Waals surface area contributed by atoms with Crippen LogP contribution in [0.25, 0.3) is 5.76 Å². The lowest BCUT2D eigenvalue weighted by atomic mass is 9.95. The topological polar surface area (TPSA) is 90.3 Å². The maximum Gasteiger partial charge on any atom is 0.295 e. The number of carbonyl (C=O) groups is 2. The van der Waals surface area contributed by atoms with Gasteiger partial charge >= 0.3 is 0 Å². The van der Waals surface area contributed by atoms with Crippen LogP contribution in [-0.4, -0.2) is 58.9 Å². The molecular formula is C29H30N2O5. The van der Waals surface area contributed by atoms with Crippen LogP contribution >= 0.6 is 0 Å². The molecule has 1 unspecified atom stereocenters. The second-order valence-electron chi connectivity index (χ2n) is 9.19. The van der Waals surface area contributed by atoms with Crippen LogP contribution in [0.1, 0.15) is 28.3 Å². The molecule has 7 nitrogen and oxygen atoms in total. The van der Waals surface area contributed by atoms with Crippen molar-refractivity contribution >= 4 is 17.4 Å². The zero-order chi connectivity index (χ0) is 25.8. The van der Waals surface area contributed by atoms with Gasteiger partial charge in [0, 0.05) is 18.7 Å². The van der Waals surface area contributed by atoms with Gasteiger partial charge in [0.2, 0.25) is 0 Å². The third kappa shape index (κ3) is 5.42. The molecule has 3 aromatic rings. The van der Waals surface area contributed by atoms with Crippen molar-refractivity contribution in [2.75, 3.05) is 27.2 Å². The molecule has 0 spiro atoms. The van der Waals surface area contributed by atoms with Crippen LogP contribution < -0.4 is 4.74 Å². The van der Waals surface area contributed by atoms with Crippen molar-refractivity contribution in [2.45, 2.75) is 19.6 Å². The standard InChI is InChI=1S/C29H30N2O5/c1-19-6-4-7-20(16-19)18-36-24-12-10-21(11-13-24)27(33)25-26(22-8-5-9-23(32)17-22)31(15-14-30(2)3)29(35)28(25)34/h4-13,16-17,26,32-33H,14-15,18H2,1-3H3/b27-25+. The van der Waals surface area contributed by atoms with Crippen LogP contribution in [0.5, 0.6) is 11.5 Å². The number of likely N-dealkylation sites (N-methyl/N-ethyl adjacent to an activating group) is 1. The number of aryl methyl sites for hydroxylation is 1. The van der Waals surface area contributed by atoms with E-state index in [0.717, 1.165) is 11.1 Å². The Hall–Kier alpha value is -4.10. The van der Waals surface area contributed by atoms with Crippen LogP contribution in [0.2, 0.25) is 0 Å². The van der Waals surface area contributed by atoms with E-state index in [0.29, 0.717) is 36.6 Å². The fourth-order valence-corrected chi connectivity index (χ4v) is 4.29. The molecule has 0 saturated carbocycles. The molecule has 2 N–H and O–H groups in total. The Labute approximate surface area is 210 Å². The van der Waals surface area contributed by atoms with Gasteiger partial charge in [-0.2, -0.15) is 0 Å². The molecule has 0 radical (unpaired) electrons. The zero-order valence-corrected chi connectivity index (χ0v) is 20.6. The summed E-state index contributed by atoms with van der Waals surface area (Å²) in [6.07, 6.45) is 0. The molecule has 7 heteroatoms. The van der Waals surface area contributed by atoms with Gasteiger partial charge in [-0.3, -0.25) is 9.59 Å². The third-order valence-corrected chi connectivity index (χ3v) is 6.13. The van der Waals surface area contributed by atoms with Crippen molar-refractivity contribution in [2.24, 2.45) is 0 Å². The Bertz CT molecular complexity index is 1300. The van der Waals surface area contributed by atoms with Crippen LogP contribution in [0.15, 0.2) is 78.4 Å². The third-order valence-electron chi connectivity index (χ3n) is 6.13. The molecule has 4 rings (SSSR count). The smallest absolute Gasteiger partial charge is 0.295 e. The largest absolute Gasteiger partial charge is 0.508 e. The van der Waals surface area contributed by atoms with Crippen molar-refractivity contribution in [1.82, 2.24) is 9.80 Å². The van der Waals surface area contributed by atoms with E-state index in [-0.39, 0.29) is 17.1 Å². The van der Waals surface area contributed by atoms with Gasteiger partial charge in [0.25, 0.3) is 11.7 Å². The number of carbonyl (C=O) groups excluding carboxylic acids is 2. The highest BCUT2D eigenvalue weighted by Crippen LogP contribution is 2.40. The summed E-state index contributed by atoms with van der Waals surface area (Å²) in [5, 5.41) is 21.2. The van der Waals surface area contributed by atoms with E-state index in [4.69, 9.17) is 4.74 Å². The molecule has 0 bridgehead atoms. The summed E-state index contributed by atoms with van der Waals surface area (Å²) in [7, 11) is 3.76. The van der Waals surface area contributed by atoms with E-state index in [1.54, 1.807) is 36.4 Å². The summed E-state index contributed by atoms with van der Waals surface area (Å²) < 4.78 is 5.86. The van der Waals surface area contributed by atoms with Gasteiger partial charge in [0.05, 0.1) is 11.6 Å². The van der Waals surface area contributed by atoms with Crippen molar-refractivity contribution in [3.8, 4) is 11.5 Å². The van der Waals surface area contributed by atoms with Crippen molar-refractivity contribution in [1.29, 1.82) is 0 Å². The number of likely N-dealkylation sites (tertiary alicyclic amines) is 1. The van der Waals surface area contributed by atoms with Crippen LogP contribution in [0.4, 0.5) is 0 Å². The van der Waals surface area contributed by atoms with Crippen molar-refractivity contribution in [3.63, 3.8) is 0 Å². The molecule has 1 amide bonds. The molecule has 1 fully saturated rings. The van der Waals surface area contributed by atoms with Crippen molar-refractivity contribution in [3.05, 3.63) is 101 Å². The van der Waals surface area contributed by atoms with Gasteiger partial charge < -0.3 is 24.7 Å². The van der Waals surface area contributed by atoms with E-state index in [9.17, 15) is 19.8 Å². The Balaban J connectivity index is 1.64. The van der Waals surface area contributed by atoms with E-state index in [1.807, 2.05) is 44.1 Å². The number of hydrogen-bond acceptors (Lipinski definition) is 6. The Morgan fingerprint density at radius 2 is 1.72 bits per heavy atom. The predicted octanol–water partition coefficient (Wildman–Crippen LogP) is 4.26. The number of Topliss-reactive ketones (excluding diaryl/α,β-unsaturated/α-hetero) is 1. The zero-order valence-electron chi connectivity index (χ0n) is 20.6. The molecule has 1 aliphatic heterocycles. The summed E-state index contributed by atoms with van der Waals surface area (Å²) in [6.45, 7) is 3.26.